The first kappa shape index (κ1) is 30.8. The second-order valence-corrected chi connectivity index (χ2v) is 12.1. The van der Waals surface area contributed by atoms with Gasteiger partial charge in [-0.2, -0.15) is 0 Å². The molecule has 0 atom stereocenters. The molecular formula is C34H27Cl3N2O6. The van der Waals surface area contributed by atoms with Gasteiger partial charge < -0.3 is 18.7 Å². The van der Waals surface area contributed by atoms with E-state index in [4.69, 9.17) is 53.5 Å². The lowest BCUT2D eigenvalue weighted by Crippen LogP contribution is -2.15. The van der Waals surface area contributed by atoms with Crippen LogP contribution in [-0.4, -0.2) is 30.9 Å². The first-order valence-corrected chi connectivity index (χ1v) is 15.5. The summed E-state index contributed by atoms with van der Waals surface area (Å²) in [5.41, 5.74) is 3.54. The number of hydrogen-bond donors (Lipinski definition) is 1. The van der Waals surface area contributed by atoms with Crippen LogP contribution in [-0.2, 0) is 16.1 Å². The predicted molar refractivity (Wildman–Crippen MR) is 171 cm³/mol. The minimum absolute atomic E-state index is 0.173. The molecule has 4 aromatic rings. The minimum Gasteiger partial charge on any atom is -0.489 e. The van der Waals surface area contributed by atoms with Crippen LogP contribution in [0.3, 0.4) is 0 Å². The van der Waals surface area contributed by atoms with E-state index in [9.17, 15) is 9.59 Å². The molecule has 0 saturated heterocycles. The molecule has 1 heterocycles. The van der Waals surface area contributed by atoms with E-state index >= 15 is 0 Å². The average Bonchev–Trinajstić information content (AvgIpc) is 3.97. The maximum atomic E-state index is 12.3. The van der Waals surface area contributed by atoms with Crippen molar-refractivity contribution in [2.24, 2.45) is 5.92 Å². The molecule has 11 heteroatoms. The summed E-state index contributed by atoms with van der Waals surface area (Å²) in [7, 11) is 1.28. The number of nitrogens with one attached hydrogen (secondary N) is 1. The topological polar surface area (TPSA) is 99.9 Å². The molecule has 8 nitrogen and oxygen atoms in total. The van der Waals surface area contributed by atoms with Crippen molar-refractivity contribution in [1.82, 2.24) is 5.16 Å². The molecule has 45 heavy (non-hydrogen) atoms. The number of esters is 1. The molecule has 1 aromatic heterocycles. The van der Waals surface area contributed by atoms with Gasteiger partial charge in [-0.15, -0.1) is 0 Å². The molecular weight excluding hydrogens is 639 g/mol. The zero-order chi connectivity index (χ0) is 31.5. The molecule has 0 bridgehead atoms. The van der Waals surface area contributed by atoms with Gasteiger partial charge in [0.05, 0.1) is 39.9 Å². The fourth-order valence-electron chi connectivity index (χ4n) is 4.67. The molecule has 0 radical (unpaired) electrons. The smallest absolute Gasteiger partial charge is 0.411 e. The van der Waals surface area contributed by atoms with Crippen molar-refractivity contribution in [2.75, 3.05) is 19.0 Å². The van der Waals surface area contributed by atoms with E-state index in [1.165, 1.54) is 13.2 Å². The second kappa shape index (κ2) is 13.5. The summed E-state index contributed by atoms with van der Waals surface area (Å²) in [6.07, 6.45) is 3.55. The van der Waals surface area contributed by atoms with Crippen molar-refractivity contribution in [2.45, 2.75) is 38.2 Å². The molecule has 2 fully saturated rings. The van der Waals surface area contributed by atoms with E-state index < -0.39 is 12.1 Å². The van der Waals surface area contributed by atoms with Gasteiger partial charge in [0.15, 0.2) is 0 Å². The molecule has 2 aliphatic rings. The third kappa shape index (κ3) is 7.56. The quantitative estimate of drug-likeness (QED) is 0.141. The second-order valence-electron chi connectivity index (χ2n) is 10.9. The summed E-state index contributed by atoms with van der Waals surface area (Å²) in [5, 5.41) is 8.27. The van der Waals surface area contributed by atoms with Gasteiger partial charge in [0.2, 0.25) is 0 Å². The standard InChI is InChI=1S/C34H27Cl3N2O6/c1-42-33(40)23-13-20(14-24(15-23)38-34(41)44-17-19-5-6-19)7-8-21-11-12-25(16-29(21)37)43-18-26-31(39-45-32(26)22-9-10-22)30-27(35)3-2-4-28(30)36/h2-4,11-16,19,22H,5-6,9-10,17-18H2,1H3,(H,38,41). The molecule has 1 N–H and O–H groups in total. The van der Waals surface area contributed by atoms with E-state index in [1.54, 1.807) is 48.5 Å². The van der Waals surface area contributed by atoms with Gasteiger partial charge in [-0.3, -0.25) is 5.32 Å². The Morgan fingerprint density at radius 3 is 2.44 bits per heavy atom. The number of hydrogen-bond acceptors (Lipinski definition) is 7. The maximum absolute atomic E-state index is 12.3. The summed E-state index contributed by atoms with van der Waals surface area (Å²) in [5.74, 6) is 7.48. The molecule has 0 unspecified atom stereocenters. The molecule has 2 aliphatic carbocycles. The lowest BCUT2D eigenvalue weighted by molar-refractivity contribution is 0.0600. The number of rotatable bonds is 9. The van der Waals surface area contributed by atoms with E-state index in [-0.39, 0.29) is 18.1 Å². The fraction of sp³-hybridized carbons (Fsp3) is 0.265. The van der Waals surface area contributed by atoms with Crippen molar-refractivity contribution in [3.8, 4) is 28.8 Å². The highest BCUT2D eigenvalue weighted by Crippen LogP contribution is 2.46. The first-order chi connectivity index (χ1) is 21.8. The number of carbonyl (C=O) groups is 2. The van der Waals surface area contributed by atoms with Crippen LogP contribution in [0.5, 0.6) is 5.75 Å². The Morgan fingerprint density at radius 2 is 1.76 bits per heavy atom. The number of aromatic nitrogens is 1. The lowest BCUT2D eigenvalue weighted by atomic mass is 10.0. The van der Waals surface area contributed by atoms with Crippen LogP contribution in [0.25, 0.3) is 11.3 Å². The van der Waals surface area contributed by atoms with Gasteiger partial charge in [0, 0.05) is 34.4 Å². The van der Waals surface area contributed by atoms with Gasteiger partial charge in [0.1, 0.15) is 23.8 Å². The van der Waals surface area contributed by atoms with E-state index in [0.29, 0.717) is 61.4 Å². The van der Waals surface area contributed by atoms with E-state index in [1.807, 2.05) is 0 Å². The number of ether oxygens (including phenoxy) is 3. The Hall–Kier alpha value is -4.16. The third-order valence-corrected chi connectivity index (χ3v) is 8.32. The SMILES string of the molecule is COC(=O)c1cc(C#Cc2ccc(OCc3c(-c4c(Cl)cccc4Cl)noc3C3CC3)cc2Cl)cc(NC(=O)OCC2CC2)c1. The van der Waals surface area contributed by atoms with Crippen LogP contribution in [0.4, 0.5) is 10.5 Å². The molecule has 1 amide bonds. The summed E-state index contributed by atoms with van der Waals surface area (Å²) >= 11 is 19.5. The van der Waals surface area contributed by atoms with Crippen molar-refractivity contribution < 1.29 is 28.3 Å². The average molecular weight is 666 g/mol. The summed E-state index contributed by atoms with van der Waals surface area (Å²) in [6, 6.07) is 15.2. The normalized spacial score (nSPS) is 13.9. The number of benzene rings is 3. The molecule has 2 saturated carbocycles. The van der Waals surface area contributed by atoms with Crippen molar-refractivity contribution in [1.29, 1.82) is 0 Å². The number of amides is 1. The zero-order valence-electron chi connectivity index (χ0n) is 24.1. The van der Waals surface area contributed by atoms with Crippen LogP contribution in [0, 0.1) is 17.8 Å². The number of methoxy groups -OCH3 is 1. The Balaban J connectivity index is 1.19. The van der Waals surface area contributed by atoms with Gasteiger partial charge in [0.25, 0.3) is 0 Å². The van der Waals surface area contributed by atoms with Crippen molar-refractivity contribution in [3.63, 3.8) is 0 Å². The zero-order valence-corrected chi connectivity index (χ0v) is 26.4. The highest BCUT2D eigenvalue weighted by atomic mass is 35.5. The van der Waals surface area contributed by atoms with Crippen LogP contribution < -0.4 is 10.1 Å². The Kier molecular flexibility index (Phi) is 9.22. The third-order valence-electron chi connectivity index (χ3n) is 7.38. The molecule has 230 valence electrons. The Bertz CT molecular complexity index is 1820. The molecule has 0 aliphatic heterocycles. The number of anilines is 1. The highest BCUT2D eigenvalue weighted by molar-refractivity contribution is 6.39. The summed E-state index contributed by atoms with van der Waals surface area (Å²) in [4.78, 5) is 24.5. The molecule has 6 rings (SSSR count). The van der Waals surface area contributed by atoms with Gasteiger partial charge in [-0.05, 0) is 74.1 Å². The Morgan fingerprint density at radius 1 is 0.978 bits per heavy atom. The minimum atomic E-state index is -0.598. The molecule has 0 spiro atoms. The number of carbonyl (C=O) groups excluding carboxylic acids is 2. The van der Waals surface area contributed by atoms with E-state index in [0.717, 1.165) is 37.0 Å². The van der Waals surface area contributed by atoms with Crippen molar-refractivity contribution >= 4 is 52.6 Å². The number of nitrogens with zero attached hydrogens (tertiary/aromatic N) is 1. The van der Waals surface area contributed by atoms with E-state index in [2.05, 4.69) is 22.3 Å². The maximum Gasteiger partial charge on any atom is 0.411 e. The first-order valence-electron chi connectivity index (χ1n) is 14.3. The summed E-state index contributed by atoms with van der Waals surface area (Å²) in [6.45, 7) is 0.539. The van der Waals surface area contributed by atoms with Crippen LogP contribution in [0.2, 0.25) is 15.1 Å². The fourth-order valence-corrected chi connectivity index (χ4v) is 5.46. The van der Waals surface area contributed by atoms with Crippen molar-refractivity contribution in [3.05, 3.63) is 97.7 Å². The van der Waals surface area contributed by atoms with Gasteiger partial charge >= 0.3 is 12.1 Å². The predicted octanol–water partition coefficient (Wildman–Crippen LogP) is 8.90. The summed E-state index contributed by atoms with van der Waals surface area (Å²) < 4.78 is 22.0. The van der Waals surface area contributed by atoms with Gasteiger partial charge in [-0.25, -0.2) is 9.59 Å². The highest BCUT2D eigenvalue weighted by Gasteiger charge is 2.33. The van der Waals surface area contributed by atoms with Crippen LogP contribution >= 0.6 is 34.8 Å². The largest absolute Gasteiger partial charge is 0.489 e. The van der Waals surface area contributed by atoms with Crippen LogP contribution in [0.1, 0.15) is 64.4 Å². The van der Waals surface area contributed by atoms with Crippen LogP contribution in [0.15, 0.2) is 59.1 Å². The monoisotopic (exact) mass is 664 g/mol. The molecule has 3 aromatic carbocycles. The van der Waals surface area contributed by atoms with Gasteiger partial charge in [-0.1, -0.05) is 57.9 Å². The Labute approximate surface area is 274 Å². The number of halogens is 3. The lowest BCUT2D eigenvalue weighted by Gasteiger charge is -2.10.